The van der Waals surface area contributed by atoms with Gasteiger partial charge in [0.05, 0.1) is 11.1 Å². The molecule has 0 saturated heterocycles. The Morgan fingerprint density at radius 2 is 2.00 bits per heavy atom. The molecule has 3 aromatic rings. The summed E-state index contributed by atoms with van der Waals surface area (Å²) in [5.74, 6) is 0.209. The average Bonchev–Trinajstić information content (AvgIpc) is 3.29. The van der Waals surface area contributed by atoms with Crippen LogP contribution < -0.4 is 10.6 Å². The SMILES string of the molecule is Cc1cc(NC(=O)C=Cc2ccco2)ccc1NC(=O)c1cccs1. The zero-order valence-corrected chi connectivity index (χ0v) is 14.3. The fraction of sp³-hybridized carbons (Fsp3) is 0.0526. The van der Waals surface area contributed by atoms with Gasteiger partial charge >= 0.3 is 0 Å². The van der Waals surface area contributed by atoms with Gasteiger partial charge in [0.25, 0.3) is 5.91 Å². The first-order valence-corrected chi connectivity index (χ1v) is 8.48. The lowest BCUT2D eigenvalue weighted by atomic mass is 10.1. The van der Waals surface area contributed by atoms with E-state index in [1.165, 1.54) is 17.4 Å². The Morgan fingerprint density at radius 3 is 2.68 bits per heavy atom. The van der Waals surface area contributed by atoms with Gasteiger partial charge in [0.1, 0.15) is 5.76 Å². The molecule has 5 nitrogen and oxygen atoms in total. The van der Waals surface area contributed by atoms with Crippen LogP contribution in [-0.4, -0.2) is 11.8 Å². The van der Waals surface area contributed by atoms with E-state index in [2.05, 4.69) is 10.6 Å². The van der Waals surface area contributed by atoms with Crippen LogP contribution in [0, 0.1) is 6.92 Å². The lowest BCUT2D eigenvalue weighted by molar-refractivity contribution is -0.111. The van der Waals surface area contributed by atoms with Gasteiger partial charge < -0.3 is 15.1 Å². The number of furan rings is 1. The maximum atomic E-state index is 12.1. The maximum absolute atomic E-state index is 12.1. The quantitative estimate of drug-likeness (QED) is 0.662. The largest absolute Gasteiger partial charge is 0.465 e. The second-order valence-electron chi connectivity index (χ2n) is 5.30. The average molecular weight is 352 g/mol. The molecule has 6 heteroatoms. The summed E-state index contributed by atoms with van der Waals surface area (Å²) in [6, 6.07) is 12.4. The summed E-state index contributed by atoms with van der Waals surface area (Å²) in [4.78, 5) is 24.7. The van der Waals surface area contributed by atoms with Crippen molar-refractivity contribution in [1.29, 1.82) is 0 Å². The third-order valence-electron chi connectivity index (χ3n) is 3.43. The number of rotatable bonds is 5. The maximum Gasteiger partial charge on any atom is 0.265 e. The predicted octanol–water partition coefficient (Wildman–Crippen LogP) is 4.55. The summed E-state index contributed by atoms with van der Waals surface area (Å²) in [7, 11) is 0. The molecule has 2 aromatic heterocycles. The molecule has 0 saturated carbocycles. The van der Waals surface area contributed by atoms with Crippen molar-refractivity contribution in [2.75, 3.05) is 10.6 Å². The molecule has 25 heavy (non-hydrogen) atoms. The lowest BCUT2D eigenvalue weighted by Gasteiger charge is -2.10. The van der Waals surface area contributed by atoms with Gasteiger partial charge in [-0.25, -0.2) is 0 Å². The van der Waals surface area contributed by atoms with E-state index in [-0.39, 0.29) is 11.8 Å². The minimum Gasteiger partial charge on any atom is -0.465 e. The highest BCUT2D eigenvalue weighted by Crippen LogP contribution is 2.21. The minimum absolute atomic E-state index is 0.142. The molecule has 0 aliphatic carbocycles. The van der Waals surface area contributed by atoms with Crippen molar-refractivity contribution in [2.45, 2.75) is 6.92 Å². The summed E-state index contributed by atoms with van der Waals surface area (Å²) in [5.41, 5.74) is 2.22. The summed E-state index contributed by atoms with van der Waals surface area (Å²) < 4.78 is 5.13. The van der Waals surface area contributed by atoms with Crippen molar-refractivity contribution in [3.63, 3.8) is 0 Å². The van der Waals surface area contributed by atoms with Gasteiger partial charge in [-0.3, -0.25) is 9.59 Å². The second-order valence-corrected chi connectivity index (χ2v) is 6.25. The smallest absolute Gasteiger partial charge is 0.265 e. The summed E-state index contributed by atoms with van der Waals surface area (Å²) in [6.07, 6.45) is 4.54. The van der Waals surface area contributed by atoms with E-state index in [9.17, 15) is 9.59 Å². The first-order chi connectivity index (χ1) is 12.1. The third kappa shape index (κ3) is 4.45. The Kier molecular flexibility index (Phi) is 5.11. The van der Waals surface area contributed by atoms with E-state index in [0.29, 0.717) is 22.0 Å². The van der Waals surface area contributed by atoms with Crippen LogP contribution in [0.4, 0.5) is 11.4 Å². The van der Waals surface area contributed by atoms with E-state index >= 15 is 0 Å². The van der Waals surface area contributed by atoms with Gasteiger partial charge in [-0.2, -0.15) is 0 Å². The van der Waals surface area contributed by atoms with Crippen LogP contribution in [0.25, 0.3) is 6.08 Å². The van der Waals surface area contributed by atoms with E-state index < -0.39 is 0 Å². The van der Waals surface area contributed by atoms with Gasteiger partial charge in [-0.1, -0.05) is 6.07 Å². The summed E-state index contributed by atoms with van der Waals surface area (Å²) in [6.45, 7) is 1.87. The Morgan fingerprint density at radius 1 is 1.12 bits per heavy atom. The highest BCUT2D eigenvalue weighted by atomic mass is 32.1. The Labute approximate surface area is 149 Å². The van der Waals surface area contributed by atoms with E-state index in [4.69, 9.17) is 4.42 Å². The summed E-state index contributed by atoms with van der Waals surface area (Å²) in [5, 5.41) is 7.50. The van der Waals surface area contributed by atoms with Crippen LogP contribution >= 0.6 is 11.3 Å². The van der Waals surface area contributed by atoms with Crippen molar-refractivity contribution in [3.8, 4) is 0 Å². The molecule has 0 fully saturated rings. The molecule has 3 rings (SSSR count). The standard InChI is InChI=1S/C19H16N2O3S/c1-13-12-14(20-18(22)9-7-15-4-2-10-24-15)6-8-16(13)21-19(23)17-5-3-11-25-17/h2-12H,1H3,(H,20,22)(H,21,23). The van der Waals surface area contributed by atoms with Gasteiger partial charge in [0, 0.05) is 17.5 Å². The van der Waals surface area contributed by atoms with Crippen LogP contribution in [0.5, 0.6) is 0 Å². The number of hydrogen-bond acceptors (Lipinski definition) is 4. The number of carbonyl (C=O) groups is 2. The Bertz CT molecular complexity index is 897. The van der Waals surface area contributed by atoms with Crippen LogP contribution in [0.15, 0.2) is 64.6 Å². The van der Waals surface area contributed by atoms with Crippen molar-refractivity contribution in [2.24, 2.45) is 0 Å². The molecule has 0 bridgehead atoms. The van der Waals surface area contributed by atoms with Crippen LogP contribution in [0.2, 0.25) is 0 Å². The number of benzene rings is 1. The van der Waals surface area contributed by atoms with Crippen molar-refractivity contribution < 1.29 is 14.0 Å². The molecular weight excluding hydrogens is 336 g/mol. The van der Waals surface area contributed by atoms with Crippen LogP contribution in [0.3, 0.4) is 0 Å². The number of aryl methyl sites for hydroxylation is 1. The van der Waals surface area contributed by atoms with E-state index in [1.807, 2.05) is 24.4 Å². The molecule has 2 heterocycles. The zero-order valence-electron chi connectivity index (χ0n) is 13.5. The number of anilines is 2. The molecular formula is C19H16N2O3S. The van der Waals surface area contributed by atoms with Crippen molar-refractivity contribution in [1.82, 2.24) is 0 Å². The molecule has 0 unspecified atom stereocenters. The molecule has 0 atom stereocenters. The number of nitrogens with one attached hydrogen (secondary N) is 2. The molecule has 1 aromatic carbocycles. The first-order valence-electron chi connectivity index (χ1n) is 7.60. The topological polar surface area (TPSA) is 71.3 Å². The predicted molar refractivity (Wildman–Crippen MR) is 99.8 cm³/mol. The Hall–Kier alpha value is -3.12. The van der Waals surface area contributed by atoms with Crippen LogP contribution in [-0.2, 0) is 4.79 Å². The van der Waals surface area contributed by atoms with Gasteiger partial charge in [0.2, 0.25) is 5.91 Å². The molecule has 0 radical (unpaired) electrons. The fourth-order valence-electron chi connectivity index (χ4n) is 2.20. The molecule has 0 spiro atoms. The van der Waals surface area contributed by atoms with Crippen LogP contribution in [0.1, 0.15) is 21.0 Å². The lowest BCUT2D eigenvalue weighted by Crippen LogP contribution is -2.12. The number of thiophene rings is 1. The number of hydrogen-bond donors (Lipinski definition) is 2. The minimum atomic E-state index is -0.258. The molecule has 2 N–H and O–H groups in total. The van der Waals surface area contributed by atoms with E-state index in [1.54, 1.807) is 42.7 Å². The Balaban J connectivity index is 1.63. The molecule has 126 valence electrons. The van der Waals surface area contributed by atoms with E-state index in [0.717, 1.165) is 5.56 Å². The normalized spacial score (nSPS) is 10.8. The van der Waals surface area contributed by atoms with Crippen molar-refractivity contribution >= 4 is 40.6 Å². The van der Waals surface area contributed by atoms with Gasteiger partial charge in [-0.05, 0) is 60.3 Å². The molecule has 2 amide bonds. The fourth-order valence-corrected chi connectivity index (χ4v) is 2.82. The van der Waals surface area contributed by atoms with Gasteiger partial charge in [0.15, 0.2) is 0 Å². The highest BCUT2D eigenvalue weighted by Gasteiger charge is 2.09. The summed E-state index contributed by atoms with van der Waals surface area (Å²) >= 11 is 1.39. The number of amides is 2. The number of carbonyl (C=O) groups excluding carboxylic acids is 2. The zero-order chi connectivity index (χ0) is 17.6. The molecule has 0 aliphatic rings. The second kappa shape index (κ2) is 7.63. The highest BCUT2D eigenvalue weighted by molar-refractivity contribution is 7.12. The first kappa shape index (κ1) is 16.7. The molecule has 0 aliphatic heterocycles. The van der Waals surface area contributed by atoms with Gasteiger partial charge in [-0.15, -0.1) is 11.3 Å². The van der Waals surface area contributed by atoms with Crippen molar-refractivity contribution in [3.05, 3.63) is 76.4 Å². The third-order valence-corrected chi connectivity index (χ3v) is 4.30. The monoisotopic (exact) mass is 352 g/mol.